The molecule has 0 aromatic carbocycles. The normalized spacial score (nSPS) is 25.0. The van der Waals surface area contributed by atoms with E-state index >= 15 is 0 Å². The molecule has 0 N–H and O–H groups in total. The Morgan fingerprint density at radius 2 is 2.27 bits per heavy atom. The standard InChI is InChI=1S/C8H12N2O/c1-6-4-7(2)8(11)10(3)9-5-6/h4-6H,1-3H3. The summed E-state index contributed by atoms with van der Waals surface area (Å²) in [5.74, 6) is 0.231. The maximum Gasteiger partial charge on any atom is 0.269 e. The Morgan fingerprint density at radius 1 is 1.64 bits per heavy atom. The summed E-state index contributed by atoms with van der Waals surface area (Å²) >= 11 is 0. The highest BCUT2D eigenvalue weighted by Crippen LogP contribution is 2.08. The van der Waals surface area contributed by atoms with Crippen LogP contribution in [0, 0.1) is 5.92 Å². The molecule has 0 saturated carbocycles. The number of likely N-dealkylation sites (N-methyl/N-ethyl adjacent to an activating group) is 1. The van der Waals surface area contributed by atoms with Gasteiger partial charge in [-0.25, -0.2) is 5.01 Å². The molecule has 60 valence electrons. The third-order valence-corrected chi connectivity index (χ3v) is 1.62. The van der Waals surface area contributed by atoms with Gasteiger partial charge in [0.25, 0.3) is 5.91 Å². The first-order valence-electron chi connectivity index (χ1n) is 3.62. The van der Waals surface area contributed by atoms with Gasteiger partial charge in [0.05, 0.1) is 0 Å². The van der Waals surface area contributed by atoms with Gasteiger partial charge in [0.1, 0.15) is 0 Å². The van der Waals surface area contributed by atoms with E-state index in [9.17, 15) is 4.79 Å². The van der Waals surface area contributed by atoms with Crippen molar-refractivity contribution in [1.82, 2.24) is 5.01 Å². The van der Waals surface area contributed by atoms with E-state index in [1.807, 2.05) is 19.9 Å². The number of allylic oxidation sites excluding steroid dienone is 1. The molecule has 11 heavy (non-hydrogen) atoms. The highest BCUT2D eigenvalue weighted by Gasteiger charge is 2.13. The number of nitrogens with zero attached hydrogens (tertiary/aromatic N) is 2. The minimum atomic E-state index is -0.0226. The minimum Gasteiger partial charge on any atom is -0.268 e. The van der Waals surface area contributed by atoms with Gasteiger partial charge in [-0.2, -0.15) is 5.10 Å². The summed E-state index contributed by atoms with van der Waals surface area (Å²) in [6.07, 6.45) is 3.67. The van der Waals surface area contributed by atoms with Crippen molar-refractivity contribution in [2.45, 2.75) is 13.8 Å². The molecule has 3 heteroatoms. The second-order valence-electron chi connectivity index (χ2n) is 2.80. The Bertz CT molecular complexity index is 230. The quantitative estimate of drug-likeness (QED) is 0.510. The van der Waals surface area contributed by atoms with Crippen molar-refractivity contribution >= 4 is 12.1 Å². The predicted octanol–water partition coefficient (Wildman–Crippen LogP) is 1.03. The number of carbonyl (C=O) groups is 1. The van der Waals surface area contributed by atoms with Gasteiger partial charge in [-0.3, -0.25) is 4.79 Å². The Morgan fingerprint density at radius 3 is 2.91 bits per heavy atom. The van der Waals surface area contributed by atoms with Gasteiger partial charge in [0, 0.05) is 24.8 Å². The number of rotatable bonds is 0. The fourth-order valence-electron chi connectivity index (χ4n) is 1.02. The van der Waals surface area contributed by atoms with E-state index in [2.05, 4.69) is 5.10 Å². The molecule has 1 aliphatic rings. The number of hydrogen-bond acceptors (Lipinski definition) is 2. The average molecular weight is 152 g/mol. The van der Waals surface area contributed by atoms with Crippen molar-refractivity contribution in [3.05, 3.63) is 11.6 Å². The largest absolute Gasteiger partial charge is 0.269 e. The first kappa shape index (κ1) is 7.98. The van der Waals surface area contributed by atoms with Crippen LogP contribution in [0.1, 0.15) is 13.8 Å². The van der Waals surface area contributed by atoms with Gasteiger partial charge < -0.3 is 0 Å². The number of hydrazone groups is 1. The molecule has 1 atom stereocenters. The molecule has 0 aliphatic carbocycles. The van der Waals surface area contributed by atoms with Crippen LogP contribution in [0.2, 0.25) is 0 Å². The van der Waals surface area contributed by atoms with E-state index in [0.717, 1.165) is 5.57 Å². The molecule has 1 heterocycles. The first-order chi connectivity index (χ1) is 5.11. The summed E-state index contributed by atoms with van der Waals surface area (Å²) in [4.78, 5) is 11.2. The Kier molecular flexibility index (Phi) is 2.08. The summed E-state index contributed by atoms with van der Waals surface area (Å²) in [6.45, 7) is 3.81. The van der Waals surface area contributed by atoms with Crippen molar-refractivity contribution in [1.29, 1.82) is 0 Å². The highest BCUT2D eigenvalue weighted by molar-refractivity contribution is 5.94. The third kappa shape index (κ3) is 1.67. The topological polar surface area (TPSA) is 32.7 Å². The minimum absolute atomic E-state index is 0.0226. The molecule has 1 rings (SSSR count). The summed E-state index contributed by atoms with van der Waals surface area (Å²) in [7, 11) is 1.66. The van der Waals surface area contributed by atoms with E-state index < -0.39 is 0 Å². The van der Waals surface area contributed by atoms with Crippen LogP contribution in [0.3, 0.4) is 0 Å². The lowest BCUT2D eigenvalue weighted by molar-refractivity contribution is -0.125. The molecule has 1 amide bonds. The molecule has 0 saturated heterocycles. The second-order valence-corrected chi connectivity index (χ2v) is 2.80. The fraction of sp³-hybridized carbons (Fsp3) is 0.500. The third-order valence-electron chi connectivity index (χ3n) is 1.62. The van der Waals surface area contributed by atoms with Crippen LogP contribution in [0.25, 0.3) is 0 Å². The summed E-state index contributed by atoms with van der Waals surface area (Å²) in [5, 5.41) is 5.30. The Balaban J connectivity index is 2.93. The number of hydrogen-bond donors (Lipinski definition) is 0. The lowest BCUT2D eigenvalue weighted by Crippen LogP contribution is -2.20. The highest BCUT2D eigenvalue weighted by atomic mass is 16.2. The van der Waals surface area contributed by atoms with Crippen LogP contribution in [-0.2, 0) is 4.79 Å². The van der Waals surface area contributed by atoms with E-state index in [-0.39, 0.29) is 11.8 Å². The lowest BCUT2D eigenvalue weighted by atomic mass is 10.1. The van der Waals surface area contributed by atoms with E-state index in [1.165, 1.54) is 5.01 Å². The monoisotopic (exact) mass is 152 g/mol. The number of carbonyl (C=O) groups excluding carboxylic acids is 1. The van der Waals surface area contributed by atoms with Crippen molar-refractivity contribution in [3.63, 3.8) is 0 Å². The maximum absolute atomic E-state index is 11.2. The molecule has 1 unspecified atom stereocenters. The molecular formula is C8H12N2O. The summed E-state index contributed by atoms with van der Waals surface area (Å²) in [5.41, 5.74) is 0.762. The van der Waals surface area contributed by atoms with Gasteiger partial charge in [0.15, 0.2) is 0 Å². The van der Waals surface area contributed by atoms with Gasteiger partial charge >= 0.3 is 0 Å². The molecule has 0 fully saturated rings. The van der Waals surface area contributed by atoms with Crippen LogP contribution in [-0.4, -0.2) is 24.2 Å². The zero-order chi connectivity index (χ0) is 8.43. The van der Waals surface area contributed by atoms with Gasteiger partial charge in [-0.15, -0.1) is 0 Å². The van der Waals surface area contributed by atoms with E-state index in [1.54, 1.807) is 13.3 Å². The summed E-state index contributed by atoms with van der Waals surface area (Å²) < 4.78 is 0. The molecular weight excluding hydrogens is 140 g/mol. The van der Waals surface area contributed by atoms with Crippen molar-refractivity contribution < 1.29 is 4.79 Å². The fourth-order valence-corrected chi connectivity index (χ4v) is 1.02. The zero-order valence-corrected chi connectivity index (χ0v) is 7.03. The van der Waals surface area contributed by atoms with Crippen molar-refractivity contribution in [2.75, 3.05) is 7.05 Å². The van der Waals surface area contributed by atoms with Gasteiger partial charge in [-0.1, -0.05) is 13.0 Å². The van der Waals surface area contributed by atoms with Gasteiger partial charge in [-0.05, 0) is 6.92 Å². The lowest BCUT2D eigenvalue weighted by Gasteiger charge is -2.07. The van der Waals surface area contributed by atoms with Crippen molar-refractivity contribution in [3.8, 4) is 0 Å². The summed E-state index contributed by atoms with van der Waals surface area (Å²) in [6, 6.07) is 0. The second kappa shape index (κ2) is 2.86. The molecule has 0 aromatic rings. The molecule has 0 aromatic heterocycles. The molecule has 0 bridgehead atoms. The Labute approximate surface area is 66.4 Å². The maximum atomic E-state index is 11.2. The predicted molar refractivity (Wildman–Crippen MR) is 44.2 cm³/mol. The van der Waals surface area contributed by atoms with Crippen LogP contribution >= 0.6 is 0 Å². The van der Waals surface area contributed by atoms with E-state index in [4.69, 9.17) is 0 Å². The average Bonchev–Trinajstić information content (AvgIpc) is 2.05. The molecule has 3 nitrogen and oxygen atoms in total. The molecule has 0 radical (unpaired) electrons. The SMILES string of the molecule is CC1=CC(C)C=NN(C)C1=O. The van der Waals surface area contributed by atoms with Crippen LogP contribution < -0.4 is 0 Å². The number of amides is 1. The van der Waals surface area contributed by atoms with E-state index in [0.29, 0.717) is 0 Å². The van der Waals surface area contributed by atoms with Crippen LogP contribution in [0.5, 0.6) is 0 Å². The first-order valence-corrected chi connectivity index (χ1v) is 3.62. The molecule has 0 spiro atoms. The van der Waals surface area contributed by atoms with Crippen molar-refractivity contribution in [2.24, 2.45) is 11.0 Å². The zero-order valence-electron chi connectivity index (χ0n) is 7.03. The Hall–Kier alpha value is -1.12. The van der Waals surface area contributed by atoms with Crippen LogP contribution in [0.15, 0.2) is 16.8 Å². The smallest absolute Gasteiger partial charge is 0.268 e. The van der Waals surface area contributed by atoms with Gasteiger partial charge in [0.2, 0.25) is 0 Å². The van der Waals surface area contributed by atoms with Crippen LogP contribution in [0.4, 0.5) is 0 Å². The molecule has 1 aliphatic heterocycles.